The fourth-order valence-corrected chi connectivity index (χ4v) is 0.167. The molecule has 0 heterocycles. The van der Waals surface area contributed by atoms with E-state index in [9.17, 15) is 0 Å². The van der Waals surface area contributed by atoms with Gasteiger partial charge in [-0.05, 0) is 0 Å². The Balaban J connectivity index is -0.0000000133. The Labute approximate surface area is 65.1 Å². The van der Waals surface area contributed by atoms with Crippen molar-refractivity contribution in [3.8, 4) is 0 Å². The van der Waals surface area contributed by atoms with Crippen LogP contribution in [0.3, 0.4) is 0 Å². The fraction of sp³-hybridized carbons (Fsp3) is 1.00. The van der Waals surface area contributed by atoms with Gasteiger partial charge in [0.2, 0.25) is 0 Å². The first-order valence-electron chi connectivity index (χ1n) is 1.95. The summed E-state index contributed by atoms with van der Waals surface area (Å²) in [6.45, 7) is 2.10. The van der Waals surface area contributed by atoms with Gasteiger partial charge in [-0.25, -0.2) is 0 Å². The van der Waals surface area contributed by atoms with E-state index in [1.807, 2.05) is 0 Å². The van der Waals surface area contributed by atoms with Crippen LogP contribution in [0.15, 0.2) is 0 Å². The summed E-state index contributed by atoms with van der Waals surface area (Å²) in [5, 5.41) is 0. The molecule has 0 rings (SSSR count). The molecule has 0 aromatic rings. The highest BCUT2D eigenvalue weighted by Crippen LogP contribution is 1.78. The van der Waals surface area contributed by atoms with Crippen LogP contribution < -0.4 is 0 Å². The first-order chi connectivity index (χ1) is 2.41. The Morgan fingerprint density at radius 3 is 1.44 bits per heavy atom. The van der Waals surface area contributed by atoms with Crippen LogP contribution in [-0.2, 0) is 0 Å². The van der Waals surface area contributed by atoms with Crippen molar-refractivity contribution in [2.45, 2.75) is 49.4 Å². The summed E-state index contributed by atoms with van der Waals surface area (Å²) in [7, 11) is 6.69. The van der Waals surface area contributed by atoms with Crippen molar-refractivity contribution in [3.05, 3.63) is 0 Å². The van der Waals surface area contributed by atoms with Crippen LogP contribution in [0.5, 0.6) is 0 Å². The largest absolute Gasteiger partial charge is 0.0898 e. The smallest absolute Gasteiger partial charge is 0.0544 e. The van der Waals surface area contributed by atoms with Crippen LogP contribution in [0.25, 0.3) is 0 Å². The lowest BCUT2D eigenvalue weighted by Crippen LogP contribution is -1.82. The zero-order valence-electron chi connectivity index (χ0n) is 3.57. The standard InChI is InChI=1S/C3H7B2.4CH4/c1-2-3-5-4;;;;/h2-3H2,1H3;4*1H4. The van der Waals surface area contributed by atoms with E-state index in [1.165, 1.54) is 0 Å². The van der Waals surface area contributed by atoms with Crippen molar-refractivity contribution >= 4 is 14.9 Å². The Morgan fingerprint density at radius 2 is 1.44 bits per heavy atom. The van der Waals surface area contributed by atoms with Gasteiger partial charge in [0.15, 0.2) is 0 Å². The van der Waals surface area contributed by atoms with Crippen LogP contribution >= 0.6 is 0 Å². The van der Waals surface area contributed by atoms with Crippen molar-refractivity contribution in [2.75, 3.05) is 0 Å². The first kappa shape index (κ1) is 35.4. The molecular formula is C7H23B2. The minimum absolute atomic E-state index is 0. The molecule has 2 heteroatoms. The highest BCUT2D eigenvalue weighted by Gasteiger charge is 1.70. The van der Waals surface area contributed by atoms with E-state index in [2.05, 4.69) is 6.92 Å². The zero-order valence-corrected chi connectivity index (χ0v) is 3.57. The van der Waals surface area contributed by atoms with Gasteiger partial charge in [-0.15, -0.1) is 0 Å². The third-order valence-electron chi connectivity index (χ3n) is 0.455. The number of hydrogen-bond acceptors (Lipinski definition) is 0. The Bertz CT molecular complexity index is 14.4. The highest BCUT2D eigenvalue weighted by atomic mass is 13.6. The number of rotatable bonds is 2. The van der Waals surface area contributed by atoms with Crippen molar-refractivity contribution < 1.29 is 0 Å². The van der Waals surface area contributed by atoms with Gasteiger partial charge in [-0.2, -0.15) is 0 Å². The quantitative estimate of drug-likeness (QED) is 0.502. The number of hydrogen-bond donors (Lipinski definition) is 0. The second kappa shape index (κ2) is 42.2. The van der Waals surface area contributed by atoms with E-state index < -0.39 is 0 Å². The van der Waals surface area contributed by atoms with E-state index in [0.29, 0.717) is 0 Å². The predicted molar refractivity (Wildman–Crippen MR) is 53.5 cm³/mol. The molecule has 0 aliphatic heterocycles. The minimum Gasteiger partial charge on any atom is -0.0898 e. The molecule has 0 amide bonds. The molecule has 0 saturated carbocycles. The third-order valence-corrected chi connectivity index (χ3v) is 0.455. The van der Waals surface area contributed by atoms with E-state index >= 15 is 0 Å². The van der Waals surface area contributed by atoms with E-state index in [-0.39, 0.29) is 29.7 Å². The monoisotopic (exact) mass is 129 g/mol. The predicted octanol–water partition coefficient (Wildman–Crippen LogP) is 3.15. The van der Waals surface area contributed by atoms with Crippen molar-refractivity contribution in [1.29, 1.82) is 0 Å². The second-order valence-corrected chi connectivity index (χ2v) is 1.02. The maximum Gasteiger partial charge on any atom is 0.0544 e. The maximum absolute atomic E-state index is 5.01. The first-order valence-corrected chi connectivity index (χ1v) is 1.95. The van der Waals surface area contributed by atoms with Crippen LogP contribution in [0.2, 0.25) is 6.32 Å². The molecule has 0 fully saturated rings. The molecule has 57 valence electrons. The van der Waals surface area contributed by atoms with Crippen molar-refractivity contribution in [1.82, 2.24) is 0 Å². The van der Waals surface area contributed by atoms with Gasteiger partial charge in [0.25, 0.3) is 0 Å². The molecule has 0 N–H and O–H groups in total. The van der Waals surface area contributed by atoms with E-state index in [1.54, 1.807) is 7.17 Å². The van der Waals surface area contributed by atoms with Gasteiger partial charge in [0.1, 0.15) is 0 Å². The molecule has 0 saturated heterocycles. The molecule has 9 heavy (non-hydrogen) atoms. The maximum atomic E-state index is 5.01. The van der Waals surface area contributed by atoms with Gasteiger partial charge in [0, 0.05) is 7.74 Å². The fourth-order valence-electron chi connectivity index (χ4n) is 0.167. The van der Waals surface area contributed by atoms with E-state index in [4.69, 9.17) is 7.74 Å². The lowest BCUT2D eigenvalue weighted by molar-refractivity contribution is 1.08. The van der Waals surface area contributed by atoms with E-state index in [0.717, 1.165) is 12.7 Å². The molecule has 0 atom stereocenters. The lowest BCUT2D eigenvalue weighted by atomic mass is 9.53. The van der Waals surface area contributed by atoms with Crippen LogP contribution in [-0.4, -0.2) is 14.9 Å². The third kappa shape index (κ3) is 67.3. The van der Waals surface area contributed by atoms with Gasteiger partial charge >= 0.3 is 0 Å². The highest BCUT2D eigenvalue weighted by molar-refractivity contribution is 6.89. The normalized spacial score (nSPS) is 4.11. The molecule has 3 radical (unpaired) electrons. The molecular weight excluding hydrogens is 106 g/mol. The Kier molecular flexibility index (Phi) is 166. The van der Waals surface area contributed by atoms with Crippen LogP contribution in [0, 0.1) is 0 Å². The molecule has 0 aromatic carbocycles. The summed E-state index contributed by atoms with van der Waals surface area (Å²) < 4.78 is 0. The molecule has 0 unspecified atom stereocenters. The van der Waals surface area contributed by atoms with Gasteiger partial charge in [-0.1, -0.05) is 49.4 Å². The summed E-state index contributed by atoms with van der Waals surface area (Å²) in [6.07, 6.45) is 2.20. The average Bonchev–Trinajstić information content (AvgIpc) is 1.41. The minimum atomic E-state index is 0. The van der Waals surface area contributed by atoms with Crippen LogP contribution in [0.1, 0.15) is 43.1 Å². The Hall–Kier alpha value is 0.130. The summed E-state index contributed by atoms with van der Waals surface area (Å²) in [6, 6.07) is 0. The zero-order chi connectivity index (χ0) is 4.12. The average molecular weight is 129 g/mol. The molecule has 0 nitrogen and oxygen atoms in total. The molecule has 0 aliphatic carbocycles. The molecule has 0 aromatic heterocycles. The molecule has 0 bridgehead atoms. The summed E-state index contributed by atoms with van der Waals surface area (Å²) in [4.78, 5) is 0. The van der Waals surface area contributed by atoms with Crippen molar-refractivity contribution in [3.63, 3.8) is 0 Å². The molecule has 0 aliphatic rings. The van der Waals surface area contributed by atoms with Gasteiger partial charge < -0.3 is 0 Å². The molecule has 0 spiro atoms. The summed E-state index contributed by atoms with van der Waals surface area (Å²) >= 11 is 0. The Morgan fingerprint density at radius 1 is 1.11 bits per heavy atom. The SMILES string of the molecule is C.C.C.C.[B][B]CCC. The lowest BCUT2D eigenvalue weighted by Gasteiger charge is -1.77. The topological polar surface area (TPSA) is 0 Å². The second-order valence-electron chi connectivity index (χ2n) is 1.02. The summed E-state index contributed by atoms with van der Waals surface area (Å²) in [5.74, 6) is 0. The summed E-state index contributed by atoms with van der Waals surface area (Å²) in [5.41, 5.74) is 0. The van der Waals surface area contributed by atoms with Gasteiger partial charge in [0.05, 0.1) is 7.17 Å². The van der Waals surface area contributed by atoms with Gasteiger partial charge in [-0.3, -0.25) is 0 Å². The van der Waals surface area contributed by atoms with Crippen LogP contribution in [0.4, 0.5) is 0 Å². The van der Waals surface area contributed by atoms with Crippen molar-refractivity contribution in [2.24, 2.45) is 0 Å².